The molecule has 4 aromatic carbocycles. The Morgan fingerprint density at radius 2 is 1.48 bits per heavy atom. The lowest BCUT2D eigenvalue weighted by atomic mass is 9.64. The second-order valence-corrected chi connectivity index (χ2v) is 11.2. The zero-order valence-electron chi connectivity index (χ0n) is 22.9. The molecule has 1 fully saturated rings. The number of rotatable bonds is 5. The number of nitrogens with zero attached hydrogens (tertiary/aromatic N) is 1. The highest BCUT2D eigenvalue weighted by Gasteiger charge is 2.71. The first-order valence-corrected chi connectivity index (χ1v) is 14.1. The van der Waals surface area contributed by atoms with E-state index in [-0.39, 0.29) is 17.3 Å². The lowest BCUT2D eigenvalue weighted by Crippen LogP contribution is -2.48. The summed E-state index contributed by atoms with van der Waals surface area (Å²) in [7, 11) is 3.08. The van der Waals surface area contributed by atoms with Crippen molar-refractivity contribution in [2.45, 2.75) is 18.0 Å². The standard InChI is InChI=1S/C35H26ClNO5/c1-41-27-16-12-22(19-28(27)42-2)30-31(32(38)20-8-4-3-5-9-20)37-26-15-14-23(36)18-21(26)13-17-29(37)35(30)33(39)24-10-6-7-11-25(24)34(35)40/h3-19,29-31H,1-2H3/t29-,30-,31-/m1/s1. The van der Waals surface area contributed by atoms with Gasteiger partial charge in [-0.1, -0.05) is 84.4 Å². The molecular weight excluding hydrogens is 550 g/mol. The van der Waals surface area contributed by atoms with Crippen molar-refractivity contribution in [3.05, 3.63) is 130 Å². The van der Waals surface area contributed by atoms with Crippen molar-refractivity contribution in [2.24, 2.45) is 5.41 Å². The van der Waals surface area contributed by atoms with Crippen molar-refractivity contribution in [1.82, 2.24) is 0 Å². The molecule has 2 aliphatic heterocycles. The Kier molecular flexibility index (Phi) is 6.06. The molecule has 0 amide bonds. The van der Waals surface area contributed by atoms with E-state index in [4.69, 9.17) is 21.1 Å². The van der Waals surface area contributed by atoms with Gasteiger partial charge in [-0.25, -0.2) is 0 Å². The summed E-state index contributed by atoms with van der Waals surface area (Å²) in [5.41, 5.74) is 1.81. The smallest absolute Gasteiger partial charge is 0.185 e. The summed E-state index contributed by atoms with van der Waals surface area (Å²) in [6.07, 6.45) is 3.78. The molecule has 0 bridgehead atoms. The maximum Gasteiger partial charge on any atom is 0.185 e. The third kappa shape index (κ3) is 3.48. The van der Waals surface area contributed by atoms with E-state index in [1.165, 1.54) is 7.11 Å². The normalized spacial score (nSPS) is 21.2. The molecule has 1 spiro atoms. The van der Waals surface area contributed by atoms with E-state index in [0.717, 1.165) is 11.3 Å². The number of hydrogen-bond donors (Lipinski definition) is 0. The van der Waals surface area contributed by atoms with Gasteiger partial charge >= 0.3 is 0 Å². The van der Waals surface area contributed by atoms with Gasteiger partial charge < -0.3 is 14.4 Å². The number of benzene rings is 4. The summed E-state index contributed by atoms with van der Waals surface area (Å²) >= 11 is 6.38. The van der Waals surface area contributed by atoms with E-state index in [1.54, 1.807) is 61.7 Å². The highest BCUT2D eigenvalue weighted by Crippen LogP contribution is 2.61. The summed E-state index contributed by atoms with van der Waals surface area (Å²) in [6.45, 7) is 0. The van der Waals surface area contributed by atoms with Crippen LogP contribution >= 0.6 is 11.6 Å². The first-order valence-electron chi connectivity index (χ1n) is 13.7. The Morgan fingerprint density at radius 1 is 0.810 bits per heavy atom. The van der Waals surface area contributed by atoms with Crippen LogP contribution in [0, 0.1) is 5.41 Å². The third-order valence-electron chi connectivity index (χ3n) is 8.86. The summed E-state index contributed by atoms with van der Waals surface area (Å²) < 4.78 is 11.1. The molecule has 6 nitrogen and oxygen atoms in total. The van der Waals surface area contributed by atoms with E-state index in [9.17, 15) is 14.4 Å². The number of ketones is 3. The van der Waals surface area contributed by atoms with Crippen LogP contribution in [0.15, 0.2) is 97.1 Å². The minimum absolute atomic E-state index is 0.190. The highest BCUT2D eigenvalue weighted by molar-refractivity contribution is 6.32. The van der Waals surface area contributed by atoms with E-state index in [1.807, 2.05) is 53.5 Å². The Bertz CT molecular complexity index is 1780. The van der Waals surface area contributed by atoms with Crippen LogP contribution in [0.5, 0.6) is 11.5 Å². The van der Waals surface area contributed by atoms with Crippen LogP contribution in [0.3, 0.4) is 0 Å². The molecule has 1 aliphatic carbocycles. The van der Waals surface area contributed by atoms with Crippen LogP contribution in [-0.4, -0.2) is 43.7 Å². The molecule has 0 saturated carbocycles. The SMILES string of the molecule is COc1ccc([C@@H]2[C@H](C(=O)c3ccccc3)N3c4ccc(Cl)cc4C=C[C@@H]3C23C(=O)c2ccccc2C3=O)cc1OC. The minimum Gasteiger partial charge on any atom is -0.493 e. The number of ether oxygens (including phenoxy) is 2. The minimum atomic E-state index is -1.60. The van der Waals surface area contributed by atoms with Crippen LogP contribution < -0.4 is 14.4 Å². The van der Waals surface area contributed by atoms with Crippen molar-refractivity contribution in [1.29, 1.82) is 0 Å². The molecule has 208 valence electrons. The summed E-state index contributed by atoms with van der Waals surface area (Å²) in [4.78, 5) is 46.2. The van der Waals surface area contributed by atoms with Crippen molar-refractivity contribution >= 4 is 40.7 Å². The van der Waals surface area contributed by atoms with Gasteiger partial charge in [0.05, 0.1) is 20.3 Å². The molecule has 3 atom stereocenters. The third-order valence-corrected chi connectivity index (χ3v) is 9.09. The average molecular weight is 576 g/mol. The number of carbonyl (C=O) groups excluding carboxylic acids is 3. The molecule has 0 aromatic heterocycles. The van der Waals surface area contributed by atoms with Gasteiger partial charge in [0, 0.05) is 33.3 Å². The molecule has 42 heavy (non-hydrogen) atoms. The van der Waals surface area contributed by atoms with Crippen LogP contribution in [-0.2, 0) is 0 Å². The monoisotopic (exact) mass is 575 g/mol. The summed E-state index contributed by atoms with van der Waals surface area (Å²) in [5.74, 6) is -0.673. The topological polar surface area (TPSA) is 72.9 Å². The molecular formula is C35H26ClNO5. The number of fused-ring (bicyclic) bond motifs is 5. The van der Waals surface area contributed by atoms with Crippen LogP contribution in [0.25, 0.3) is 6.08 Å². The Hall–Kier alpha value is -4.68. The fourth-order valence-corrected chi connectivity index (χ4v) is 7.32. The fraction of sp³-hybridized carbons (Fsp3) is 0.171. The molecule has 4 aromatic rings. The quantitative estimate of drug-likeness (QED) is 0.195. The van der Waals surface area contributed by atoms with Gasteiger partial charge in [0.1, 0.15) is 11.5 Å². The van der Waals surface area contributed by atoms with E-state index in [0.29, 0.717) is 38.8 Å². The van der Waals surface area contributed by atoms with Crippen molar-refractivity contribution in [3.63, 3.8) is 0 Å². The zero-order chi connectivity index (χ0) is 29.2. The molecule has 1 saturated heterocycles. The summed E-state index contributed by atoms with van der Waals surface area (Å²) in [5, 5.41) is 0.550. The molecule has 3 aliphatic rings. The maximum absolute atomic E-state index is 14.7. The van der Waals surface area contributed by atoms with Gasteiger partial charge in [0.15, 0.2) is 28.8 Å². The molecule has 0 radical (unpaired) electrons. The maximum atomic E-state index is 14.7. The first-order chi connectivity index (χ1) is 20.4. The number of carbonyl (C=O) groups is 3. The van der Waals surface area contributed by atoms with E-state index < -0.39 is 23.4 Å². The predicted octanol–water partition coefficient (Wildman–Crippen LogP) is 6.67. The number of anilines is 1. The van der Waals surface area contributed by atoms with Crippen LogP contribution in [0.4, 0.5) is 5.69 Å². The number of methoxy groups -OCH3 is 2. The fourth-order valence-electron chi connectivity index (χ4n) is 7.14. The van der Waals surface area contributed by atoms with E-state index >= 15 is 0 Å². The molecule has 7 rings (SSSR count). The lowest BCUT2D eigenvalue weighted by molar-refractivity contribution is 0.0665. The van der Waals surface area contributed by atoms with Gasteiger partial charge in [0.2, 0.25) is 0 Å². The lowest BCUT2D eigenvalue weighted by Gasteiger charge is -2.37. The number of halogens is 1. The number of hydrogen-bond acceptors (Lipinski definition) is 6. The van der Waals surface area contributed by atoms with Gasteiger partial charge in [-0.2, -0.15) is 0 Å². The second-order valence-electron chi connectivity index (χ2n) is 10.8. The van der Waals surface area contributed by atoms with Crippen molar-refractivity contribution in [2.75, 3.05) is 19.1 Å². The van der Waals surface area contributed by atoms with Gasteiger partial charge in [0.25, 0.3) is 0 Å². The van der Waals surface area contributed by atoms with Gasteiger partial charge in [-0.05, 0) is 41.5 Å². The zero-order valence-corrected chi connectivity index (χ0v) is 23.7. The molecule has 0 N–H and O–H groups in total. The largest absolute Gasteiger partial charge is 0.493 e. The Balaban J connectivity index is 1.56. The van der Waals surface area contributed by atoms with E-state index in [2.05, 4.69) is 0 Å². The molecule has 2 heterocycles. The first kappa shape index (κ1) is 26.2. The van der Waals surface area contributed by atoms with Gasteiger partial charge in [-0.15, -0.1) is 0 Å². The number of Topliss-reactive ketones (excluding diaryl/α,β-unsaturated/α-hetero) is 3. The Morgan fingerprint density at radius 3 is 2.14 bits per heavy atom. The van der Waals surface area contributed by atoms with Crippen molar-refractivity contribution < 1.29 is 23.9 Å². The molecule has 0 unspecified atom stereocenters. The average Bonchev–Trinajstić information content (AvgIpc) is 3.46. The van der Waals surface area contributed by atoms with Crippen molar-refractivity contribution in [3.8, 4) is 11.5 Å². The summed E-state index contributed by atoms with van der Waals surface area (Å²) in [6, 6.07) is 25.1. The van der Waals surface area contributed by atoms with Gasteiger partial charge in [-0.3, -0.25) is 14.4 Å². The molecule has 7 heteroatoms. The van der Waals surface area contributed by atoms with Crippen LogP contribution in [0.2, 0.25) is 5.02 Å². The highest BCUT2D eigenvalue weighted by atomic mass is 35.5. The Labute approximate surface area is 248 Å². The predicted molar refractivity (Wildman–Crippen MR) is 161 cm³/mol. The second kappa shape index (κ2) is 9.71. The van der Waals surface area contributed by atoms with Crippen LogP contribution in [0.1, 0.15) is 48.1 Å².